The third kappa shape index (κ3) is 5.75. The normalized spacial score (nSPS) is 11.4. The lowest BCUT2D eigenvalue weighted by atomic mass is 9.98. The molecule has 1 N–H and O–H groups in total. The molecule has 0 aromatic heterocycles. The van der Waals surface area contributed by atoms with Crippen LogP contribution in [0, 0.1) is 6.92 Å². The average molecular weight is 456 g/mol. The van der Waals surface area contributed by atoms with E-state index in [9.17, 15) is 13.6 Å². The average Bonchev–Trinajstić information content (AvgIpc) is 2.85. The molecule has 5 heteroatoms. The number of alkyl halides is 2. The lowest BCUT2D eigenvalue weighted by Crippen LogP contribution is -2.14. The minimum atomic E-state index is -2.97. The van der Waals surface area contributed by atoms with Crippen LogP contribution in [0.2, 0.25) is 0 Å². The first-order chi connectivity index (χ1) is 16.5. The SMILES string of the molecule is Cc1ccc(NC(=O)C(=Cc2ccccc2OC(F)F)c2ccc(-c3ccccc3)cc2)cc1. The molecule has 34 heavy (non-hydrogen) atoms. The second-order valence-electron chi connectivity index (χ2n) is 7.74. The second kappa shape index (κ2) is 10.6. The molecular formula is C29H23F2NO2. The summed E-state index contributed by atoms with van der Waals surface area (Å²) in [6, 6.07) is 31.3. The predicted molar refractivity (Wildman–Crippen MR) is 133 cm³/mol. The fourth-order valence-corrected chi connectivity index (χ4v) is 3.55. The smallest absolute Gasteiger partial charge is 0.387 e. The fourth-order valence-electron chi connectivity index (χ4n) is 3.55. The van der Waals surface area contributed by atoms with E-state index in [-0.39, 0.29) is 11.7 Å². The highest BCUT2D eigenvalue weighted by Gasteiger charge is 2.16. The van der Waals surface area contributed by atoms with Gasteiger partial charge in [0, 0.05) is 16.8 Å². The van der Waals surface area contributed by atoms with Crippen LogP contribution in [0.4, 0.5) is 14.5 Å². The molecule has 4 rings (SSSR count). The molecule has 0 unspecified atom stereocenters. The van der Waals surface area contributed by atoms with Crippen molar-refractivity contribution in [2.24, 2.45) is 0 Å². The molecule has 0 fully saturated rings. The van der Waals surface area contributed by atoms with Gasteiger partial charge in [-0.1, -0.05) is 90.5 Å². The molecule has 170 valence electrons. The molecule has 0 aliphatic heterocycles. The largest absolute Gasteiger partial charge is 0.434 e. The minimum Gasteiger partial charge on any atom is -0.434 e. The van der Waals surface area contributed by atoms with Crippen molar-refractivity contribution in [2.45, 2.75) is 13.5 Å². The van der Waals surface area contributed by atoms with Gasteiger partial charge in [-0.05, 0) is 47.9 Å². The summed E-state index contributed by atoms with van der Waals surface area (Å²) >= 11 is 0. The van der Waals surface area contributed by atoms with E-state index in [0.29, 0.717) is 22.4 Å². The molecule has 0 saturated heterocycles. The van der Waals surface area contributed by atoms with E-state index in [2.05, 4.69) is 10.1 Å². The first-order valence-corrected chi connectivity index (χ1v) is 10.8. The van der Waals surface area contributed by atoms with Crippen LogP contribution in [0.25, 0.3) is 22.8 Å². The molecule has 0 heterocycles. The molecule has 0 saturated carbocycles. The molecular weight excluding hydrogens is 432 g/mol. The topological polar surface area (TPSA) is 38.3 Å². The number of aryl methyl sites for hydroxylation is 1. The van der Waals surface area contributed by atoms with Crippen molar-refractivity contribution in [2.75, 3.05) is 5.32 Å². The minimum absolute atomic E-state index is 0.000887. The van der Waals surface area contributed by atoms with Crippen molar-refractivity contribution in [1.82, 2.24) is 0 Å². The maximum Gasteiger partial charge on any atom is 0.387 e. The van der Waals surface area contributed by atoms with Gasteiger partial charge in [0.15, 0.2) is 0 Å². The van der Waals surface area contributed by atoms with E-state index in [1.165, 1.54) is 6.07 Å². The zero-order chi connectivity index (χ0) is 23.9. The van der Waals surface area contributed by atoms with Gasteiger partial charge in [0.05, 0.1) is 0 Å². The third-order valence-electron chi connectivity index (χ3n) is 5.29. The van der Waals surface area contributed by atoms with Crippen molar-refractivity contribution < 1.29 is 18.3 Å². The van der Waals surface area contributed by atoms with Crippen LogP contribution in [-0.4, -0.2) is 12.5 Å². The number of hydrogen-bond acceptors (Lipinski definition) is 2. The van der Waals surface area contributed by atoms with Crippen molar-refractivity contribution in [1.29, 1.82) is 0 Å². The number of nitrogens with one attached hydrogen (secondary N) is 1. The Bertz CT molecular complexity index is 1280. The number of carbonyl (C=O) groups is 1. The van der Waals surface area contributed by atoms with Gasteiger partial charge in [-0.15, -0.1) is 0 Å². The van der Waals surface area contributed by atoms with Crippen molar-refractivity contribution >= 4 is 23.2 Å². The summed E-state index contributed by atoms with van der Waals surface area (Å²) in [6.45, 7) is -1.00. The van der Waals surface area contributed by atoms with Crippen LogP contribution in [0.1, 0.15) is 16.7 Å². The summed E-state index contributed by atoms with van der Waals surface area (Å²) in [5.74, 6) is -0.359. The first-order valence-electron chi connectivity index (χ1n) is 10.8. The van der Waals surface area contributed by atoms with Gasteiger partial charge in [-0.25, -0.2) is 0 Å². The van der Waals surface area contributed by atoms with E-state index in [1.807, 2.05) is 85.8 Å². The van der Waals surface area contributed by atoms with Crippen molar-refractivity contribution in [3.05, 3.63) is 120 Å². The van der Waals surface area contributed by atoms with Gasteiger partial charge >= 0.3 is 6.61 Å². The van der Waals surface area contributed by atoms with E-state index in [0.717, 1.165) is 16.7 Å². The zero-order valence-electron chi connectivity index (χ0n) is 18.5. The van der Waals surface area contributed by atoms with Crippen molar-refractivity contribution in [3.63, 3.8) is 0 Å². The van der Waals surface area contributed by atoms with E-state index < -0.39 is 6.61 Å². The third-order valence-corrected chi connectivity index (χ3v) is 5.29. The number of ether oxygens (including phenoxy) is 1. The Morgan fingerprint density at radius 2 is 1.41 bits per heavy atom. The van der Waals surface area contributed by atoms with Gasteiger partial charge < -0.3 is 10.1 Å². The predicted octanol–water partition coefficient (Wildman–Crippen LogP) is 7.44. The Hall–Kier alpha value is -4.25. The Morgan fingerprint density at radius 1 is 0.794 bits per heavy atom. The van der Waals surface area contributed by atoms with Gasteiger partial charge in [-0.2, -0.15) is 8.78 Å². The quantitative estimate of drug-likeness (QED) is 0.232. The summed E-state index contributed by atoms with van der Waals surface area (Å²) in [4.78, 5) is 13.3. The Labute approximate surface area is 197 Å². The molecule has 0 atom stereocenters. The molecule has 3 nitrogen and oxygen atoms in total. The molecule has 0 radical (unpaired) electrons. The number of amides is 1. The summed E-state index contributed by atoms with van der Waals surface area (Å²) in [7, 11) is 0. The lowest BCUT2D eigenvalue weighted by Gasteiger charge is -2.13. The molecule has 0 bridgehead atoms. The highest BCUT2D eigenvalue weighted by Crippen LogP contribution is 2.29. The van der Waals surface area contributed by atoms with Crippen LogP contribution in [0.5, 0.6) is 5.75 Å². The monoisotopic (exact) mass is 455 g/mol. The highest BCUT2D eigenvalue weighted by atomic mass is 19.3. The number of para-hydroxylation sites is 1. The number of carbonyl (C=O) groups excluding carboxylic acids is 1. The van der Waals surface area contributed by atoms with E-state index in [1.54, 1.807) is 24.3 Å². The number of hydrogen-bond donors (Lipinski definition) is 1. The number of halogens is 2. The first kappa shape index (κ1) is 22.9. The summed E-state index contributed by atoms with van der Waals surface area (Å²) in [5, 5.41) is 2.90. The van der Waals surface area contributed by atoms with Crippen LogP contribution < -0.4 is 10.1 Å². The maximum absolute atomic E-state index is 13.3. The van der Waals surface area contributed by atoms with Gasteiger partial charge in [0.2, 0.25) is 0 Å². The molecule has 1 amide bonds. The molecule has 0 spiro atoms. The number of anilines is 1. The standard InChI is InChI=1S/C29H23F2NO2/c1-20-11-17-25(18-12-20)32-28(33)26(19-24-9-5-6-10-27(24)34-29(30)31)23-15-13-22(14-16-23)21-7-3-2-4-8-21/h2-19,29H,1H3,(H,32,33). The highest BCUT2D eigenvalue weighted by molar-refractivity contribution is 6.29. The molecule has 0 aliphatic rings. The Kier molecular flexibility index (Phi) is 7.13. The molecule has 0 aliphatic carbocycles. The molecule has 4 aromatic rings. The number of rotatable bonds is 7. The lowest BCUT2D eigenvalue weighted by molar-refractivity contribution is -0.111. The summed E-state index contributed by atoms with van der Waals surface area (Å²) in [6.07, 6.45) is 1.57. The van der Waals surface area contributed by atoms with Crippen LogP contribution in [0.15, 0.2) is 103 Å². The second-order valence-corrected chi connectivity index (χ2v) is 7.74. The van der Waals surface area contributed by atoms with Gasteiger partial charge in [0.25, 0.3) is 5.91 Å². The summed E-state index contributed by atoms with van der Waals surface area (Å²) in [5.41, 5.74) is 5.12. The molecule has 4 aromatic carbocycles. The van der Waals surface area contributed by atoms with E-state index in [4.69, 9.17) is 0 Å². The Morgan fingerprint density at radius 3 is 2.09 bits per heavy atom. The summed E-state index contributed by atoms with van der Waals surface area (Å²) < 4.78 is 30.5. The van der Waals surface area contributed by atoms with Gasteiger partial charge in [0.1, 0.15) is 5.75 Å². The van der Waals surface area contributed by atoms with Crippen LogP contribution in [0.3, 0.4) is 0 Å². The fraction of sp³-hybridized carbons (Fsp3) is 0.0690. The van der Waals surface area contributed by atoms with Crippen molar-refractivity contribution in [3.8, 4) is 16.9 Å². The number of benzene rings is 4. The van der Waals surface area contributed by atoms with Gasteiger partial charge in [-0.3, -0.25) is 4.79 Å². The van der Waals surface area contributed by atoms with Crippen LogP contribution >= 0.6 is 0 Å². The maximum atomic E-state index is 13.3. The zero-order valence-corrected chi connectivity index (χ0v) is 18.5. The van der Waals surface area contributed by atoms with E-state index >= 15 is 0 Å². The Balaban J connectivity index is 1.73. The van der Waals surface area contributed by atoms with Crippen LogP contribution in [-0.2, 0) is 4.79 Å².